The Hall–Kier alpha value is -0.120. The smallest absolute Gasteiger partial charge is 0.0580 e. The van der Waals surface area contributed by atoms with Crippen LogP contribution in [-0.2, 0) is 9.47 Å². The van der Waals surface area contributed by atoms with E-state index in [2.05, 4.69) is 19.3 Å². The van der Waals surface area contributed by atoms with Crippen LogP contribution in [0.25, 0.3) is 0 Å². The molecule has 16 heavy (non-hydrogen) atoms. The van der Waals surface area contributed by atoms with Crippen LogP contribution in [0.4, 0.5) is 0 Å². The van der Waals surface area contributed by atoms with E-state index < -0.39 is 0 Å². The maximum absolute atomic E-state index is 5.58. The minimum Gasteiger partial charge on any atom is -0.385 e. The van der Waals surface area contributed by atoms with Crippen molar-refractivity contribution in [1.82, 2.24) is 5.32 Å². The molecule has 1 saturated carbocycles. The van der Waals surface area contributed by atoms with Gasteiger partial charge in [0.25, 0.3) is 0 Å². The third-order valence-electron chi connectivity index (χ3n) is 3.52. The highest BCUT2D eigenvalue weighted by atomic mass is 16.5. The third-order valence-corrected chi connectivity index (χ3v) is 3.52. The predicted molar refractivity (Wildman–Crippen MR) is 66.7 cm³/mol. The molecule has 3 heteroatoms. The monoisotopic (exact) mass is 229 g/mol. The summed E-state index contributed by atoms with van der Waals surface area (Å²) in [5, 5.41) is 3.41. The molecule has 0 saturated heterocycles. The van der Waals surface area contributed by atoms with Crippen molar-refractivity contribution in [3.05, 3.63) is 0 Å². The van der Waals surface area contributed by atoms with Crippen molar-refractivity contribution < 1.29 is 9.47 Å². The lowest BCUT2D eigenvalue weighted by molar-refractivity contribution is -0.0292. The van der Waals surface area contributed by atoms with E-state index in [-0.39, 0.29) is 0 Å². The van der Waals surface area contributed by atoms with Crippen molar-refractivity contribution in [3.8, 4) is 0 Å². The van der Waals surface area contributed by atoms with Crippen LogP contribution in [0.3, 0.4) is 0 Å². The molecule has 1 fully saturated rings. The quantitative estimate of drug-likeness (QED) is 0.615. The van der Waals surface area contributed by atoms with Crippen LogP contribution in [0, 0.1) is 5.92 Å². The molecular formula is C13H27NO2. The molecule has 1 rings (SSSR count). The summed E-state index contributed by atoms with van der Waals surface area (Å²) in [6.45, 7) is 3.82. The Morgan fingerprint density at radius 2 is 2.12 bits per heavy atom. The molecule has 0 aromatic carbocycles. The van der Waals surface area contributed by atoms with Crippen molar-refractivity contribution >= 4 is 0 Å². The number of rotatable bonds is 9. The molecule has 1 aliphatic rings. The highest BCUT2D eigenvalue weighted by Crippen LogP contribution is 2.34. The number of ether oxygens (including phenoxy) is 2. The van der Waals surface area contributed by atoms with E-state index in [1.165, 1.54) is 25.7 Å². The average Bonchev–Trinajstić information content (AvgIpc) is 2.24. The summed E-state index contributed by atoms with van der Waals surface area (Å²) in [4.78, 5) is 0. The van der Waals surface area contributed by atoms with Gasteiger partial charge in [-0.1, -0.05) is 0 Å². The molecule has 0 aromatic heterocycles. The van der Waals surface area contributed by atoms with Crippen LogP contribution in [-0.4, -0.2) is 39.5 Å². The molecule has 1 aliphatic carbocycles. The zero-order valence-electron chi connectivity index (χ0n) is 11.0. The van der Waals surface area contributed by atoms with Gasteiger partial charge in [0.1, 0.15) is 0 Å². The molecule has 0 bridgehead atoms. The van der Waals surface area contributed by atoms with E-state index in [0.717, 1.165) is 25.6 Å². The molecule has 0 spiro atoms. The zero-order chi connectivity index (χ0) is 11.8. The highest BCUT2D eigenvalue weighted by molar-refractivity contribution is 4.83. The second kappa shape index (κ2) is 8.04. The molecule has 96 valence electrons. The first kappa shape index (κ1) is 13.9. The maximum Gasteiger partial charge on any atom is 0.0580 e. The largest absolute Gasteiger partial charge is 0.385 e. The fourth-order valence-corrected chi connectivity index (χ4v) is 2.50. The summed E-state index contributed by atoms with van der Waals surface area (Å²) < 4.78 is 10.7. The van der Waals surface area contributed by atoms with Crippen molar-refractivity contribution in [2.75, 3.05) is 27.4 Å². The van der Waals surface area contributed by atoms with E-state index in [9.17, 15) is 0 Å². The van der Waals surface area contributed by atoms with Gasteiger partial charge < -0.3 is 14.8 Å². The molecule has 3 nitrogen and oxygen atoms in total. The predicted octanol–water partition coefficient (Wildman–Crippen LogP) is 2.21. The summed E-state index contributed by atoms with van der Waals surface area (Å²) in [7, 11) is 3.84. The Morgan fingerprint density at radius 1 is 1.38 bits per heavy atom. The van der Waals surface area contributed by atoms with Gasteiger partial charge in [0.15, 0.2) is 0 Å². The molecule has 0 aromatic rings. The number of hydrogen-bond acceptors (Lipinski definition) is 3. The molecule has 0 heterocycles. The van der Waals surface area contributed by atoms with Gasteiger partial charge in [-0.15, -0.1) is 0 Å². The molecule has 1 atom stereocenters. The fraction of sp³-hybridized carbons (Fsp3) is 1.00. The van der Waals surface area contributed by atoms with Gasteiger partial charge in [0.05, 0.1) is 6.10 Å². The first-order valence-electron chi connectivity index (χ1n) is 6.57. The Labute approximate surface area is 99.9 Å². The maximum atomic E-state index is 5.58. The van der Waals surface area contributed by atoms with Crippen molar-refractivity contribution in [2.24, 2.45) is 5.92 Å². The molecule has 0 radical (unpaired) electrons. The Kier molecular flexibility index (Phi) is 7.01. The van der Waals surface area contributed by atoms with E-state index >= 15 is 0 Å². The lowest BCUT2D eigenvalue weighted by Crippen LogP contribution is -2.37. The van der Waals surface area contributed by atoms with Gasteiger partial charge in [0, 0.05) is 26.4 Å². The molecule has 1 N–H and O–H groups in total. The summed E-state index contributed by atoms with van der Waals surface area (Å²) in [6.07, 6.45) is 6.74. The van der Waals surface area contributed by atoms with Crippen molar-refractivity contribution in [2.45, 2.75) is 51.2 Å². The number of nitrogens with one attached hydrogen (secondary N) is 1. The minimum atomic E-state index is 0.548. The SMILES string of the molecule is CCOC1CC(CC(CCCOC)NC)C1. The van der Waals surface area contributed by atoms with Gasteiger partial charge in [-0.25, -0.2) is 0 Å². The summed E-state index contributed by atoms with van der Waals surface area (Å²) in [5.41, 5.74) is 0. The zero-order valence-corrected chi connectivity index (χ0v) is 11.0. The second-order valence-corrected chi connectivity index (χ2v) is 4.77. The van der Waals surface area contributed by atoms with Crippen LogP contribution >= 0.6 is 0 Å². The minimum absolute atomic E-state index is 0.548. The van der Waals surface area contributed by atoms with E-state index in [0.29, 0.717) is 12.1 Å². The Morgan fingerprint density at radius 3 is 2.69 bits per heavy atom. The standard InChI is InChI=1S/C13H27NO2/c1-4-16-13-9-11(10-13)8-12(14-2)6-5-7-15-3/h11-14H,4-10H2,1-3H3. The van der Waals surface area contributed by atoms with Crippen LogP contribution in [0.5, 0.6) is 0 Å². The molecule has 0 amide bonds. The summed E-state index contributed by atoms with van der Waals surface area (Å²) >= 11 is 0. The first-order chi connectivity index (χ1) is 7.80. The van der Waals surface area contributed by atoms with Crippen molar-refractivity contribution in [1.29, 1.82) is 0 Å². The first-order valence-corrected chi connectivity index (χ1v) is 6.57. The van der Waals surface area contributed by atoms with Crippen LogP contribution in [0.1, 0.15) is 39.0 Å². The lowest BCUT2D eigenvalue weighted by Gasteiger charge is -2.37. The molecular weight excluding hydrogens is 202 g/mol. The summed E-state index contributed by atoms with van der Waals surface area (Å²) in [6, 6.07) is 0.655. The van der Waals surface area contributed by atoms with Crippen LogP contribution in [0.2, 0.25) is 0 Å². The molecule has 0 aliphatic heterocycles. The Balaban J connectivity index is 2.06. The van der Waals surface area contributed by atoms with Crippen LogP contribution in [0.15, 0.2) is 0 Å². The third kappa shape index (κ3) is 4.81. The summed E-state index contributed by atoms with van der Waals surface area (Å²) in [5.74, 6) is 0.872. The second-order valence-electron chi connectivity index (χ2n) is 4.77. The van der Waals surface area contributed by atoms with E-state index in [1.807, 2.05) is 0 Å². The number of hydrogen-bond donors (Lipinski definition) is 1. The fourth-order valence-electron chi connectivity index (χ4n) is 2.50. The van der Waals surface area contributed by atoms with Gasteiger partial charge in [0.2, 0.25) is 0 Å². The number of methoxy groups -OCH3 is 1. The van der Waals surface area contributed by atoms with Gasteiger partial charge in [-0.3, -0.25) is 0 Å². The van der Waals surface area contributed by atoms with Gasteiger partial charge >= 0.3 is 0 Å². The van der Waals surface area contributed by atoms with Crippen LogP contribution < -0.4 is 5.32 Å². The topological polar surface area (TPSA) is 30.5 Å². The highest BCUT2D eigenvalue weighted by Gasteiger charge is 2.30. The average molecular weight is 229 g/mol. The lowest BCUT2D eigenvalue weighted by atomic mass is 9.77. The Bertz CT molecular complexity index is 169. The van der Waals surface area contributed by atoms with Gasteiger partial charge in [-0.2, -0.15) is 0 Å². The van der Waals surface area contributed by atoms with Crippen molar-refractivity contribution in [3.63, 3.8) is 0 Å². The van der Waals surface area contributed by atoms with E-state index in [4.69, 9.17) is 9.47 Å². The molecule has 1 unspecified atom stereocenters. The van der Waals surface area contributed by atoms with Gasteiger partial charge in [-0.05, 0) is 52.0 Å². The van der Waals surface area contributed by atoms with E-state index in [1.54, 1.807) is 7.11 Å². The normalized spacial score (nSPS) is 26.4.